The van der Waals surface area contributed by atoms with Crippen LogP contribution in [0.2, 0.25) is 10.0 Å². The van der Waals surface area contributed by atoms with Crippen LogP contribution in [-0.2, 0) is 0 Å². The number of anilines is 1. The Morgan fingerprint density at radius 1 is 1.19 bits per heavy atom. The summed E-state index contributed by atoms with van der Waals surface area (Å²) in [5.74, 6) is -0.716. The highest BCUT2D eigenvalue weighted by atomic mass is 35.5. The topological polar surface area (TPSA) is 69.0 Å². The number of nitrogens with zero attached hydrogens (tertiary/aromatic N) is 3. The molecule has 1 heterocycles. The SMILES string of the molecule is Cc1nn(-c2cccc(Cl)c2)nc1C(=O)Nc1ccc(OC(F)F)c(Cl)c1. The first-order chi connectivity index (χ1) is 12.8. The molecular formula is C17H12Cl2F2N4O2. The number of hydrogen-bond acceptors (Lipinski definition) is 4. The lowest BCUT2D eigenvalue weighted by atomic mass is 10.2. The van der Waals surface area contributed by atoms with Gasteiger partial charge in [0.2, 0.25) is 0 Å². The first-order valence-corrected chi connectivity index (χ1v) is 8.34. The van der Waals surface area contributed by atoms with Crippen LogP contribution >= 0.6 is 23.2 Å². The van der Waals surface area contributed by atoms with Crippen LogP contribution < -0.4 is 10.1 Å². The quantitative estimate of drug-likeness (QED) is 0.657. The van der Waals surface area contributed by atoms with Crippen molar-refractivity contribution in [1.82, 2.24) is 15.0 Å². The molecule has 140 valence electrons. The zero-order chi connectivity index (χ0) is 19.6. The summed E-state index contributed by atoms with van der Waals surface area (Å²) in [5, 5.41) is 11.4. The van der Waals surface area contributed by atoms with Crippen molar-refractivity contribution in [2.24, 2.45) is 0 Å². The minimum Gasteiger partial charge on any atom is -0.433 e. The molecule has 1 N–H and O–H groups in total. The van der Waals surface area contributed by atoms with Gasteiger partial charge in [0.25, 0.3) is 5.91 Å². The van der Waals surface area contributed by atoms with Gasteiger partial charge >= 0.3 is 6.61 Å². The minimum absolute atomic E-state index is 0.0626. The lowest BCUT2D eigenvalue weighted by Gasteiger charge is -2.09. The van der Waals surface area contributed by atoms with E-state index in [1.807, 2.05) is 0 Å². The van der Waals surface area contributed by atoms with Crippen LogP contribution in [0.15, 0.2) is 42.5 Å². The number of carbonyl (C=O) groups is 1. The van der Waals surface area contributed by atoms with Gasteiger partial charge in [0.1, 0.15) is 5.75 Å². The fourth-order valence-electron chi connectivity index (χ4n) is 2.27. The molecule has 0 saturated heterocycles. The average molecular weight is 413 g/mol. The molecule has 0 fully saturated rings. The van der Waals surface area contributed by atoms with Gasteiger partial charge in [-0.15, -0.1) is 5.10 Å². The first-order valence-electron chi connectivity index (χ1n) is 7.59. The van der Waals surface area contributed by atoms with E-state index in [4.69, 9.17) is 23.2 Å². The molecule has 0 aliphatic carbocycles. The maximum absolute atomic E-state index is 12.5. The maximum Gasteiger partial charge on any atom is 0.387 e. The second-order valence-electron chi connectivity index (χ2n) is 5.38. The van der Waals surface area contributed by atoms with Crippen molar-refractivity contribution in [3.63, 3.8) is 0 Å². The van der Waals surface area contributed by atoms with Gasteiger partial charge in [0.05, 0.1) is 16.4 Å². The Morgan fingerprint density at radius 3 is 2.63 bits per heavy atom. The van der Waals surface area contributed by atoms with Crippen LogP contribution in [0.4, 0.5) is 14.5 Å². The number of carbonyl (C=O) groups excluding carboxylic acids is 1. The van der Waals surface area contributed by atoms with E-state index in [1.54, 1.807) is 31.2 Å². The van der Waals surface area contributed by atoms with E-state index in [0.717, 1.165) is 0 Å². The van der Waals surface area contributed by atoms with Crippen molar-refractivity contribution in [1.29, 1.82) is 0 Å². The summed E-state index contributed by atoms with van der Waals surface area (Å²) in [5.41, 5.74) is 1.39. The molecule has 0 spiro atoms. The lowest BCUT2D eigenvalue weighted by Crippen LogP contribution is -2.14. The van der Waals surface area contributed by atoms with Gasteiger partial charge in [-0.25, -0.2) is 0 Å². The molecule has 3 rings (SSSR count). The first kappa shape index (κ1) is 19.1. The Morgan fingerprint density at radius 2 is 1.96 bits per heavy atom. The van der Waals surface area contributed by atoms with Crippen LogP contribution in [0.5, 0.6) is 5.75 Å². The van der Waals surface area contributed by atoms with Crippen LogP contribution in [0, 0.1) is 6.92 Å². The Labute approximate surface area is 162 Å². The number of ether oxygens (including phenoxy) is 1. The van der Waals surface area contributed by atoms with Crippen molar-refractivity contribution in [2.75, 3.05) is 5.32 Å². The van der Waals surface area contributed by atoms with Gasteiger partial charge in [-0.05, 0) is 43.3 Å². The lowest BCUT2D eigenvalue weighted by molar-refractivity contribution is -0.0497. The molecule has 27 heavy (non-hydrogen) atoms. The molecule has 6 nitrogen and oxygen atoms in total. The van der Waals surface area contributed by atoms with E-state index in [-0.39, 0.29) is 16.5 Å². The Hall–Kier alpha value is -2.71. The van der Waals surface area contributed by atoms with Crippen molar-refractivity contribution in [3.8, 4) is 11.4 Å². The van der Waals surface area contributed by atoms with Crippen LogP contribution in [-0.4, -0.2) is 27.5 Å². The van der Waals surface area contributed by atoms with Gasteiger partial charge in [-0.1, -0.05) is 29.3 Å². The number of aromatic nitrogens is 3. The normalized spacial score (nSPS) is 10.9. The number of amides is 1. The molecule has 0 radical (unpaired) electrons. The van der Waals surface area contributed by atoms with Gasteiger partial charge < -0.3 is 10.1 Å². The largest absolute Gasteiger partial charge is 0.433 e. The standard InChI is InChI=1S/C17H12Cl2F2N4O2/c1-9-15(24-25(23-9)12-4-2-3-10(18)7-12)16(26)22-11-5-6-14(13(19)8-11)27-17(20)21/h2-8,17H,1H3,(H,22,26). The molecule has 10 heteroatoms. The number of benzene rings is 2. The smallest absolute Gasteiger partial charge is 0.387 e. The van der Waals surface area contributed by atoms with Crippen molar-refractivity contribution in [2.45, 2.75) is 13.5 Å². The van der Waals surface area contributed by atoms with Crippen LogP contribution in [0.25, 0.3) is 5.69 Å². The highest BCUT2D eigenvalue weighted by molar-refractivity contribution is 6.32. The third-order valence-electron chi connectivity index (χ3n) is 3.44. The van der Waals surface area contributed by atoms with Crippen molar-refractivity contribution in [3.05, 3.63) is 63.9 Å². The summed E-state index contributed by atoms with van der Waals surface area (Å²) in [7, 11) is 0. The summed E-state index contributed by atoms with van der Waals surface area (Å²) in [4.78, 5) is 13.8. The predicted molar refractivity (Wildman–Crippen MR) is 97.1 cm³/mol. The second-order valence-corrected chi connectivity index (χ2v) is 6.22. The third kappa shape index (κ3) is 4.53. The summed E-state index contributed by atoms with van der Waals surface area (Å²) in [6.07, 6.45) is 0. The molecule has 0 bridgehead atoms. The summed E-state index contributed by atoms with van der Waals surface area (Å²) in [6.45, 7) is -1.36. The number of rotatable bonds is 5. The summed E-state index contributed by atoms with van der Waals surface area (Å²) >= 11 is 11.8. The van der Waals surface area contributed by atoms with E-state index in [2.05, 4.69) is 20.3 Å². The fraction of sp³-hybridized carbons (Fsp3) is 0.118. The van der Waals surface area contributed by atoms with Crippen molar-refractivity contribution >= 4 is 34.8 Å². The molecule has 0 aliphatic rings. The molecule has 1 amide bonds. The monoisotopic (exact) mass is 412 g/mol. The molecule has 0 unspecified atom stereocenters. The molecule has 0 saturated carbocycles. The summed E-state index contributed by atoms with van der Waals surface area (Å²) < 4.78 is 28.8. The number of alkyl halides is 2. The van der Waals surface area contributed by atoms with Gasteiger partial charge in [0, 0.05) is 10.7 Å². The third-order valence-corrected chi connectivity index (χ3v) is 3.97. The number of halogens is 4. The molecule has 3 aromatic rings. The van der Waals surface area contributed by atoms with E-state index in [9.17, 15) is 13.6 Å². The van der Waals surface area contributed by atoms with Gasteiger partial charge in [-0.3, -0.25) is 4.79 Å². The minimum atomic E-state index is -2.99. The van der Waals surface area contributed by atoms with Gasteiger partial charge in [0.15, 0.2) is 5.69 Å². The number of aryl methyl sites for hydroxylation is 1. The van der Waals surface area contributed by atoms with Crippen LogP contribution in [0.1, 0.15) is 16.2 Å². The molecule has 0 aliphatic heterocycles. The van der Waals surface area contributed by atoms with Crippen LogP contribution in [0.3, 0.4) is 0 Å². The number of nitrogens with one attached hydrogen (secondary N) is 1. The van der Waals surface area contributed by atoms with E-state index < -0.39 is 12.5 Å². The predicted octanol–water partition coefficient (Wildman–Crippen LogP) is 4.74. The fourth-order valence-corrected chi connectivity index (χ4v) is 2.67. The van der Waals surface area contributed by atoms with E-state index >= 15 is 0 Å². The molecule has 0 atom stereocenters. The summed E-state index contributed by atoms with van der Waals surface area (Å²) in [6, 6.07) is 10.8. The number of hydrogen-bond donors (Lipinski definition) is 1. The highest BCUT2D eigenvalue weighted by Gasteiger charge is 2.17. The van der Waals surface area contributed by atoms with Gasteiger partial charge in [-0.2, -0.15) is 18.7 Å². The second kappa shape index (κ2) is 7.89. The molecule has 1 aromatic heterocycles. The molecular weight excluding hydrogens is 401 g/mol. The Balaban J connectivity index is 1.80. The average Bonchev–Trinajstić information content (AvgIpc) is 2.99. The zero-order valence-corrected chi connectivity index (χ0v) is 15.3. The van der Waals surface area contributed by atoms with E-state index in [0.29, 0.717) is 22.1 Å². The maximum atomic E-state index is 12.5. The highest BCUT2D eigenvalue weighted by Crippen LogP contribution is 2.29. The molecule has 2 aromatic carbocycles. The Bertz CT molecular complexity index is 995. The van der Waals surface area contributed by atoms with E-state index in [1.165, 1.54) is 23.0 Å². The van der Waals surface area contributed by atoms with Crippen molar-refractivity contribution < 1.29 is 18.3 Å². The Kier molecular flexibility index (Phi) is 5.57. The zero-order valence-electron chi connectivity index (χ0n) is 13.8.